The summed E-state index contributed by atoms with van der Waals surface area (Å²) in [6.07, 6.45) is -0.600. The van der Waals surface area contributed by atoms with Crippen LogP contribution in [0.25, 0.3) is 0 Å². The molecule has 0 fully saturated rings. The highest BCUT2D eigenvalue weighted by atomic mass is 35.5. The lowest BCUT2D eigenvalue weighted by Gasteiger charge is -2.10. The van der Waals surface area contributed by atoms with Gasteiger partial charge in [0.25, 0.3) is 5.91 Å². The number of anilines is 1. The largest absolute Gasteiger partial charge is 0.467 e. The van der Waals surface area contributed by atoms with Crippen LogP contribution in [0, 0.1) is 0 Å². The van der Waals surface area contributed by atoms with Crippen molar-refractivity contribution in [3.8, 4) is 5.88 Å². The van der Waals surface area contributed by atoms with Gasteiger partial charge in [0, 0.05) is 12.4 Å². The highest BCUT2D eigenvalue weighted by Gasteiger charge is 2.29. The van der Waals surface area contributed by atoms with Gasteiger partial charge in [0.2, 0.25) is 5.88 Å². The smallest absolute Gasteiger partial charge is 0.422 e. The number of amides is 1. The number of carbonyl (C=O) groups is 1. The summed E-state index contributed by atoms with van der Waals surface area (Å²) in [5, 5.41) is 8.44. The normalized spacial score (nSPS) is 11.2. The number of aromatic nitrogens is 3. The van der Waals surface area contributed by atoms with E-state index >= 15 is 0 Å². The van der Waals surface area contributed by atoms with E-state index in [0.717, 1.165) is 12.3 Å². The number of nitrogens with one attached hydrogen (secondary N) is 2. The van der Waals surface area contributed by atoms with Crippen molar-refractivity contribution in [3.63, 3.8) is 0 Å². The number of aromatic amines is 1. The Hall–Kier alpha value is -2.29. The van der Waals surface area contributed by atoms with E-state index in [9.17, 15) is 18.0 Å². The lowest BCUT2D eigenvalue weighted by Crippen LogP contribution is -2.20. The predicted octanol–water partition coefficient (Wildman–Crippen LogP) is 2.65. The number of rotatable bonds is 4. The summed E-state index contributed by atoms with van der Waals surface area (Å²) >= 11 is 5.73. The van der Waals surface area contributed by atoms with Crippen LogP contribution < -0.4 is 10.1 Å². The summed E-state index contributed by atoms with van der Waals surface area (Å²) in [6.45, 7) is -1.51. The van der Waals surface area contributed by atoms with E-state index in [-0.39, 0.29) is 10.6 Å². The Bertz CT molecular complexity index is 631. The van der Waals surface area contributed by atoms with E-state index in [0.29, 0.717) is 5.69 Å². The van der Waals surface area contributed by atoms with Crippen molar-refractivity contribution in [2.45, 2.75) is 6.18 Å². The maximum atomic E-state index is 12.0. The van der Waals surface area contributed by atoms with Crippen LogP contribution in [-0.2, 0) is 0 Å². The molecule has 2 heterocycles. The molecule has 112 valence electrons. The molecule has 1 amide bonds. The molecule has 2 aromatic heterocycles. The molecule has 0 unspecified atom stereocenters. The van der Waals surface area contributed by atoms with Crippen molar-refractivity contribution in [2.75, 3.05) is 11.9 Å². The van der Waals surface area contributed by atoms with Crippen LogP contribution >= 0.6 is 11.6 Å². The van der Waals surface area contributed by atoms with E-state index in [2.05, 4.69) is 25.2 Å². The van der Waals surface area contributed by atoms with Crippen molar-refractivity contribution >= 4 is 23.2 Å². The Morgan fingerprint density at radius 2 is 2.19 bits per heavy atom. The minimum atomic E-state index is -4.50. The second-order valence-corrected chi connectivity index (χ2v) is 4.26. The minimum absolute atomic E-state index is 0.0700. The Balaban J connectivity index is 2.06. The first-order valence-corrected chi connectivity index (χ1v) is 5.88. The van der Waals surface area contributed by atoms with E-state index in [1.807, 2.05) is 0 Å². The summed E-state index contributed by atoms with van der Waals surface area (Å²) in [7, 11) is 0. The average Bonchev–Trinajstić information content (AvgIpc) is 2.89. The van der Waals surface area contributed by atoms with Crippen LogP contribution in [0.4, 0.5) is 18.9 Å². The number of halogens is 4. The van der Waals surface area contributed by atoms with Gasteiger partial charge in [0.05, 0.1) is 17.4 Å². The monoisotopic (exact) mass is 320 g/mol. The molecule has 0 radical (unpaired) electrons. The number of hydrogen-bond donors (Lipinski definition) is 2. The third-order valence-electron chi connectivity index (χ3n) is 2.20. The highest BCUT2D eigenvalue weighted by molar-refractivity contribution is 6.32. The van der Waals surface area contributed by atoms with E-state index < -0.39 is 24.6 Å². The van der Waals surface area contributed by atoms with E-state index in [1.54, 1.807) is 0 Å². The number of ether oxygens (including phenoxy) is 1. The minimum Gasteiger partial charge on any atom is -0.467 e. The fourth-order valence-corrected chi connectivity index (χ4v) is 1.55. The van der Waals surface area contributed by atoms with Crippen molar-refractivity contribution < 1.29 is 22.7 Å². The van der Waals surface area contributed by atoms with Gasteiger partial charge in [-0.2, -0.15) is 18.3 Å². The number of nitrogens with zero attached hydrogens (tertiary/aromatic N) is 2. The molecule has 0 aliphatic carbocycles. The van der Waals surface area contributed by atoms with Crippen LogP contribution in [0.15, 0.2) is 24.7 Å². The third kappa shape index (κ3) is 4.35. The van der Waals surface area contributed by atoms with E-state index in [1.165, 1.54) is 12.4 Å². The molecular formula is C11H8ClF3N4O2. The Morgan fingerprint density at radius 3 is 2.76 bits per heavy atom. The third-order valence-corrected chi connectivity index (χ3v) is 2.47. The van der Waals surface area contributed by atoms with Gasteiger partial charge in [-0.1, -0.05) is 11.6 Å². The maximum Gasteiger partial charge on any atom is 0.422 e. The number of carbonyl (C=O) groups excluding carboxylic acids is 1. The zero-order valence-electron chi connectivity index (χ0n) is 10.2. The molecule has 21 heavy (non-hydrogen) atoms. The van der Waals surface area contributed by atoms with Gasteiger partial charge in [-0.15, -0.1) is 0 Å². The summed E-state index contributed by atoms with van der Waals surface area (Å²) in [6, 6.07) is 1.16. The molecule has 0 saturated heterocycles. The molecular weight excluding hydrogens is 313 g/mol. The number of hydrogen-bond acceptors (Lipinski definition) is 4. The zero-order valence-corrected chi connectivity index (χ0v) is 11.0. The summed E-state index contributed by atoms with van der Waals surface area (Å²) in [5.74, 6) is -0.929. The molecule has 6 nitrogen and oxygen atoms in total. The lowest BCUT2D eigenvalue weighted by molar-refractivity contribution is -0.154. The number of H-pyrrole nitrogens is 1. The molecule has 0 aromatic carbocycles. The molecule has 0 aliphatic heterocycles. The SMILES string of the molecule is O=C(Nc1cn[nH]c1)c1cnc(OCC(F)(F)F)c(Cl)c1. The van der Waals surface area contributed by atoms with Crippen LogP contribution in [-0.4, -0.2) is 33.9 Å². The van der Waals surface area contributed by atoms with Gasteiger partial charge in [-0.3, -0.25) is 9.89 Å². The second kappa shape index (κ2) is 6.00. The van der Waals surface area contributed by atoms with Crippen molar-refractivity contribution in [1.29, 1.82) is 0 Å². The molecule has 0 spiro atoms. The van der Waals surface area contributed by atoms with Gasteiger partial charge in [-0.25, -0.2) is 4.98 Å². The summed E-state index contributed by atoms with van der Waals surface area (Å²) in [5.41, 5.74) is 0.495. The molecule has 0 aliphatic rings. The maximum absolute atomic E-state index is 12.0. The fourth-order valence-electron chi connectivity index (χ4n) is 1.33. The summed E-state index contributed by atoms with van der Waals surface area (Å²) < 4.78 is 40.5. The van der Waals surface area contributed by atoms with Gasteiger partial charge in [-0.05, 0) is 6.07 Å². The van der Waals surface area contributed by atoms with Crippen LogP contribution in [0.1, 0.15) is 10.4 Å². The molecule has 0 atom stereocenters. The Morgan fingerprint density at radius 1 is 1.43 bits per heavy atom. The van der Waals surface area contributed by atoms with Crippen molar-refractivity contribution in [2.24, 2.45) is 0 Å². The molecule has 10 heteroatoms. The van der Waals surface area contributed by atoms with Crippen LogP contribution in [0.5, 0.6) is 5.88 Å². The molecule has 2 rings (SSSR count). The standard InChI is InChI=1S/C11H8ClF3N4O2/c12-8-1-6(9(20)19-7-3-17-18-4-7)2-16-10(8)21-5-11(13,14)15/h1-4H,5H2,(H,17,18)(H,19,20). The quantitative estimate of drug-likeness (QED) is 0.907. The molecule has 0 saturated carbocycles. The molecule has 0 bridgehead atoms. The van der Waals surface area contributed by atoms with Gasteiger partial charge in [0.15, 0.2) is 6.61 Å². The van der Waals surface area contributed by atoms with Gasteiger partial charge < -0.3 is 10.1 Å². The summed E-state index contributed by atoms with van der Waals surface area (Å²) in [4.78, 5) is 15.4. The van der Waals surface area contributed by atoms with Crippen molar-refractivity contribution in [3.05, 3.63) is 35.2 Å². The predicted molar refractivity (Wildman–Crippen MR) is 67.3 cm³/mol. The highest BCUT2D eigenvalue weighted by Crippen LogP contribution is 2.25. The average molecular weight is 321 g/mol. The van der Waals surface area contributed by atoms with Gasteiger partial charge >= 0.3 is 6.18 Å². The lowest BCUT2D eigenvalue weighted by atomic mass is 10.2. The topological polar surface area (TPSA) is 79.9 Å². The number of alkyl halides is 3. The first-order valence-electron chi connectivity index (χ1n) is 5.50. The fraction of sp³-hybridized carbons (Fsp3) is 0.182. The Kier molecular flexibility index (Phi) is 4.32. The van der Waals surface area contributed by atoms with Gasteiger partial charge in [0.1, 0.15) is 5.02 Å². The first kappa shape index (κ1) is 15.1. The molecule has 2 N–H and O–H groups in total. The zero-order chi connectivity index (χ0) is 15.5. The number of pyridine rings is 1. The van der Waals surface area contributed by atoms with Crippen LogP contribution in [0.2, 0.25) is 5.02 Å². The van der Waals surface area contributed by atoms with Crippen LogP contribution in [0.3, 0.4) is 0 Å². The molecule has 2 aromatic rings. The second-order valence-electron chi connectivity index (χ2n) is 3.86. The van der Waals surface area contributed by atoms with Crippen molar-refractivity contribution in [1.82, 2.24) is 15.2 Å². The Labute approximate surface area is 121 Å². The first-order chi connectivity index (χ1) is 9.85. The van der Waals surface area contributed by atoms with E-state index in [4.69, 9.17) is 11.6 Å².